The molecule has 0 unspecified atom stereocenters. The number of rotatable bonds is 7. The minimum atomic E-state index is -0.918. The van der Waals surface area contributed by atoms with Gasteiger partial charge in [0.15, 0.2) is 0 Å². The molecular formula is C46H64N2O5. The summed E-state index contributed by atoms with van der Waals surface area (Å²) in [5.41, 5.74) is 1.03. The monoisotopic (exact) mass is 724 g/mol. The molecule has 0 amide bonds. The Balaban J connectivity index is 1.12. The SMILES string of the molecule is C=C(C)[C@@H]1CC[C@]2(c3nnc(-c4ccccc4)o3)CC[C@]3(C)[C@H](CC[C@@H]4[C@]5(C)CC[C@H]([C@@]6(C(=O)O)[C@H](CC(=O)OC)C6(C)C)C(C)(C)[C@H]5CC[C@]43C)[C@@H]12. The van der Waals surface area contributed by atoms with Gasteiger partial charge in [0.25, 0.3) is 0 Å². The number of fused-ring (bicyclic) bond motifs is 7. The normalized spacial score (nSPS) is 44.8. The van der Waals surface area contributed by atoms with Crippen LogP contribution in [0.25, 0.3) is 11.5 Å². The smallest absolute Gasteiger partial charge is 0.310 e. The summed E-state index contributed by atoms with van der Waals surface area (Å²) in [5.74, 6) is 2.64. The number of hydrogen-bond acceptors (Lipinski definition) is 6. The molecule has 1 aromatic carbocycles. The van der Waals surface area contributed by atoms with Crippen molar-refractivity contribution in [1.29, 1.82) is 0 Å². The Morgan fingerprint density at radius 2 is 1.55 bits per heavy atom. The van der Waals surface area contributed by atoms with Gasteiger partial charge in [0.2, 0.25) is 11.8 Å². The van der Waals surface area contributed by atoms with Gasteiger partial charge in [-0.15, -0.1) is 10.2 Å². The van der Waals surface area contributed by atoms with Crippen LogP contribution >= 0.6 is 0 Å². The molecule has 288 valence electrons. The van der Waals surface area contributed by atoms with Gasteiger partial charge in [-0.2, -0.15) is 0 Å². The van der Waals surface area contributed by atoms with Gasteiger partial charge in [0, 0.05) is 12.0 Å². The highest BCUT2D eigenvalue weighted by Gasteiger charge is 2.82. The summed E-state index contributed by atoms with van der Waals surface area (Å²) in [6.45, 7) is 23.7. The fourth-order valence-electron chi connectivity index (χ4n) is 16.3. The van der Waals surface area contributed by atoms with E-state index in [1.165, 1.54) is 31.9 Å². The van der Waals surface area contributed by atoms with E-state index in [2.05, 4.69) is 79.2 Å². The third kappa shape index (κ3) is 4.57. The molecule has 12 atom stereocenters. The van der Waals surface area contributed by atoms with Crippen LogP contribution in [0.2, 0.25) is 0 Å². The molecule has 0 saturated heterocycles. The lowest BCUT2D eigenvalue weighted by Gasteiger charge is -2.73. The summed E-state index contributed by atoms with van der Waals surface area (Å²) in [5, 5.41) is 20.5. The molecule has 0 radical (unpaired) electrons. The Morgan fingerprint density at radius 3 is 2.21 bits per heavy atom. The van der Waals surface area contributed by atoms with Crippen LogP contribution in [0.4, 0.5) is 0 Å². The zero-order valence-electron chi connectivity index (χ0n) is 33.9. The lowest BCUT2D eigenvalue weighted by molar-refractivity contribution is -0.243. The van der Waals surface area contributed by atoms with Crippen LogP contribution in [0.3, 0.4) is 0 Å². The third-order valence-electron chi connectivity index (χ3n) is 18.9. The van der Waals surface area contributed by atoms with Crippen LogP contribution in [0.15, 0.2) is 46.9 Å². The molecule has 8 rings (SSSR count). The number of carboxylic acids is 1. The maximum absolute atomic E-state index is 13.5. The van der Waals surface area contributed by atoms with E-state index in [9.17, 15) is 14.7 Å². The molecule has 0 aliphatic heterocycles. The second kappa shape index (κ2) is 11.8. The van der Waals surface area contributed by atoms with E-state index in [0.29, 0.717) is 35.5 Å². The maximum Gasteiger partial charge on any atom is 0.310 e. The number of ether oxygens (including phenoxy) is 1. The largest absolute Gasteiger partial charge is 0.481 e. The molecule has 0 spiro atoms. The standard InChI is InChI=1S/C46H64N2O5/c1-27(2)29-18-23-45(38-48-47-37(53-38)28-14-12-11-13-15-28)25-24-43(8)30(36(29)45)16-17-33-42(7)21-19-32(40(3,4)31(42)20-22-44(33,43)9)46(39(50)51)34(41(46,5)6)26-35(49)52-10/h11-15,29-34,36H,1,16-26H2,2-10H3,(H,50,51)/t29-,30+,31+,32-,33+,34+,36+,42+,43+,44+,45-,46-/m0/s1. The first-order valence-electron chi connectivity index (χ1n) is 20.7. The van der Waals surface area contributed by atoms with Crippen molar-refractivity contribution in [3.05, 3.63) is 48.4 Å². The number of aromatic nitrogens is 2. The van der Waals surface area contributed by atoms with Crippen molar-refractivity contribution in [3.8, 4) is 11.5 Å². The number of allylic oxidation sites excluding steroid dienone is 1. The third-order valence-corrected chi connectivity index (χ3v) is 18.9. The summed E-state index contributed by atoms with van der Waals surface area (Å²) in [6, 6.07) is 10.2. The Bertz CT molecular complexity index is 1810. The number of hydrogen-bond donors (Lipinski definition) is 1. The molecule has 7 heteroatoms. The van der Waals surface area contributed by atoms with Gasteiger partial charge < -0.3 is 14.3 Å². The average molecular weight is 725 g/mol. The van der Waals surface area contributed by atoms with E-state index < -0.39 is 16.8 Å². The van der Waals surface area contributed by atoms with E-state index in [4.69, 9.17) is 14.3 Å². The number of aliphatic carboxylic acids is 1. The molecule has 1 N–H and O–H groups in total. The summed E-state index contributed by atoms with van der Waals surface area (Å²) in [7, 11) is 1.41. The maximum atomic E-state index is 13.5. The molecule has 6 saturated carbocycles. The zero-order valence-corrected chi connectivity index (χ0v) is 33.9. The van der Waals surface area contributed by atoms with Crippen molar-refractivity contribution in [3.63, 3.8) is 0 Å². The van der Waals surface area contributed by atoms with Crippen molar-refractivity contribution in [2.24, 2.45) is 73.9 Å². The molecule has 7 nitrogen and oxygen atoms in total. The van der Waals surface area contributed by atoms with Crippen LogP contribution in [0.5, 0.6) is 0 Å². The second-order valence-electron chi connectivity index (χ2n) is 20.8. The highest BCUT2D eigenvalue weighted by molar-refractivity contribution is 5.84. The fraction of sp³-hybridized carbons (Fsp3) is 0.739. The number of carbonyl (C=O) groups excluding carboxylic acids is 1. The van der Waals surface area contributed by atoms with Crippen molar-refractivity contribution < 1.29 is 23.8 Å². The predicted molar refractivity (Wildman–Crippen MR) is 205 cm³/mol. The van der Waals surface area contributed by atoms with Crippen LogP contribution in [-0.2, 0) is 19.7 Å². The Kier molecular flexibility index (Phi) is 8.22. The van der Waals surface area contributed by atoms with Crippen molar-refractivity contribution in [2.45, 2.75) is 131 Å². The predicted octanol–water partition coefficient (Wildman–Crippen LogP) is 10.6. The van der Waals surface area contributed by atoms with Crippen LogP contribution in [-0.4, -0.2) is 34.4 Å². The molecule has 53 heavy (non-hydrogen) atoms. The fourth-order valence-corrected chi connectivity index (χ4v) is 16.3. The van der Waals surface area contributed by atoms with E-state index in [0.717, 1.165) is 56.4 Å². The van der Waals surface area contributed by atoms with Gasteiger partial charge >= 0.3 is 11.9 Å². The Labute approximate surface area is 317 Å². The molecule has 6 aliphatic carbocycles. The lowest BCUT2D eigenvalue weighted by atomic mass is 9.31. The Morgan fingerprint density at radius 1 is 0.849 bits per heavy atom. The van der Waals surface area contributed by atoms with Gasteiger partial charge in [-0.1, -0.05) is 78.8 Å². The molecule has 1 aromatic heterocycles. The van der Waals surface area contributed by atoms with Gasteiger partial charge in [-0.05, 0) is 152 Å². The first-order valence-corrected chi connectivity index (χ1v) is 20.7. The van der Waals surface area contributed by atoms with Crippen molar-refractivity contribution >= 4 is 11.9 Å². The van der Waals surface area contributed by atoms with E-state index in [-0.39, 0.29) is 51.3 Å². The zero-order chi connectivity index (χ0) is 38.1. The van der Waals surface area contributed by atoms with Crippen LogP contribution < -0.4 is 0 Å². The Hall–Kier alpha value is -2.96. The van der Waals surface area contributed by atoms with E-state index >= 15 is 0 Å². The van der Waals surface area contributed by atoms with Gasteiger partial charge in [0.05, 0.1) is 17.9 Å². The number of esters is 1. The van der Waals surface area contributed by atoms with Gasteiger partial charge in [-0.25, -0.2) is 0 Å². The topological polar surface area (TPSA) is 103 Å². The number of carbonyl (C=O) groups is 2. The van der Waals surface area contributed by atoms with Gasteiger partial charge in [-0.3, -0.25) is 9.59 Å². The lowest BCUT2D eigenvalue weighted by Crippen LogP contribution is -2.67. The minimum Gasteiger partial charge on any atom is -0.481 e. The number of carboxylic acid groups (broad SMARTS) is 1. The molecule has 2 aromatic rings. The quantitative estimate of drug-likeness (QED) is 0.224. The first-order chi connectivity index (χ1) is 24.9. The molecule has 6 aliphatic rings. The second-order valence-corrected chi connectivity index (χ2v) is 20.8. The minimum absolute atomic E-state index is 0.00630. The summed E-state index contributed by atoms with van der Waals surface area (Å²) in [4.78, 5) is 26.1. The molecular weight excluding hydrogens is 661 g/mol. The van der Waals surface area contributed by atoms with Gasteiger partial charge in [0.1, 0.15) is 0 Å². The van der Waals surface area contributed by atoms with Crippen LogP contribution in [0, 0.1) is 73.9 Å². The van der Waals surface area contributed by atoms with E-state index in [1.54, 1.807) is 0 Å². The average Bonchev–Trinajstić information content (AvgIpc) is 3.52. The number of nitrogens with zero attached hydrogens (tertiary/aromatic N) is 2. The molecule has 1 heterocycles. The highest BCUT2D eigenvalue weighted by atomic mass is 16.5. The highest BCUT2D eigenvalue weighted by Crippen LogP contribution is 2.82. The van der Waals surface area contributed by atoms with Crippen LogP contribution in [0.1, 0.15) is 132 Å². The summed E-state index contributed by atoms with van der Waals surface area (Å²) < 4.78 is 11.8. The molecule has 0 bridgehead atoms. The van der Waals surface area contributed by atoms with Crippen molar-refractivity contribution in [1.82, 2.24) is 10.2 Å². The summed E-state index contributed by atoms with van der Waals surface area (Å²) in [6.07, 6.45) is 11.3. The van der Waals surface area contributed by atoms with E-state index in [1.807, 2.05) is 18.2 Å². The molecule has 6 fully saturated rings. The first kappa shape index (κ1) is 37.0. The van der Waals surface area contributed by atoms with Crippen molar-refractivity contribution in [2.75, 3.05) is 7.11 Å². The number of benzene rings is 1. The summed E-state index contributed by atoms with van der Waals surface area (Å²) >= 11 is 0. The number of methoxy groups -OCH3 is 1.